The van der Waals surface area contributed by atoms with Crippen LogP contribution in [0.4, 0.5) is 0 Å². The van der Waals surface area contributed by atoms with Crippen LogP contribution in [0.25, 0.3) is 6.08 Å². The van der Waals surface area contributed by atoms with Crippen molar-refractivity contribution in [3.63, 3.8) is 0 Å². The highest BCUT2D eigenvalue weighted by Gasteiger charge is 2.18. The molecule has 0 aliphatic rings. The van der Waals surface area contributed by atoms with Gasteiger partial charge in [0.2, 0.25) is 0 Å². The Hall–Kier alpha value is -1.12. The maximum absolute atomic E-state index is 5.82. The molecule has 1 aromatic carbocycles. The van der Waals surface area contributed by atoms with Gasteiger partial charge in [-0.25, -0.2) is 0 Å². The molecule has 0 N–H and O–H groups in total. The van der Waals surface area contributed by atoms with Crippen molar-refractivity contribution in [3.8, 4) is 0 Å². The Morgan fingerprint density at radius 3 is 2.44 bits per heavy atom. The summed E-state index contributed by atoms with van der Waals surface area (Å²) >= 11 is 0. The molecule has 0 spiro atoms. The van der Waals surface area contributed by atoms with Crippen molar-refractivity contribution < 1.29 is 4.74 Å². The molecular weight excluding hydrogens is 236 g/mol. The second kappa shape index (κ2) is 7.34. The highest BCUT2D eigenvalue weighted by molar-refractivity contribution is 6.76. The quantitative estimate of drug-likeness (QED) is 0.514. The second-order valence-electron chi connectivity index (χ2n) is 5.70. The van der Waals surface area contributed by atoms with Crippen LogP contribution in [-0.4, -0.2) is 20.8 Å². The minimum atomic E-state index is -1.12. The summed E-state index contributed by atoms with van der Waals surface area (Å²) < 4.78 is 5.82. The van der Waals surface area contributed by atoms with E-state index in [-0.39, 0.29) is 6.10 Å². The lowest BCUT2D eigenvalue weighted by Gasteiger charge is -2.22. The van der Waals surface area contributed by atoms with Crippen LogP contribution in [0, 0.1) is 0 Å². The van der Waals surface area contributed by atoms with Gasteiger partial charge in [0.05, 0.1) is 12.7 Å². The summed E-state index contributed by atoms with van der Waals surface area (Å²) in [6.45, 7) is 11.4. The van der Waals surface area contributed by atoms with Gasteiger partial charge in [0.1, 0.15) is 0 Å². The van der Waals surface area contributed by atoms with Crippen molar-refractivity contribution in [2.45, 2.75) is 31.8 Å². The molecule has 0 amide bonds. The van der Waals surface area contributed by atoms with Gasteiger partial charge in [-0.2, -0.15) is 0 Å². The fourth-order valence-electron chi connectivity index (χ4n) is 1.76. The second-order valence-corrected chi connectivity index (χ2v) is 11.2. The van der Waals surface area contributed by atoms with E-state index in [0.717, 1.165) is 6.04 Å². The minimum absolute atomic E-state index is 0.204. The van der Waals surface area contributed by atoms with Crippen LogP contribution >= 0.6 is 0 Å². The van der Waals surface area contributed by atoms with E-state index >= 15 is 0 Å². The van der Waals surface area contributed by atoms with Gasteiger partial charge in [-0.05, 0) is 11.6 Å². The third-order valence-corrected chi connectivity index (χ3v) is 4.17. The minimum Gasteiger partial charge on any atom is -0.370 e. The summed E-state index contributed by atoms with van der Waals surface area (Å²) in [5.74, 6) is 0. The first-order valence-corrected chi connectivity index (χ1v) is 10.2. The summed E-state index contributed by atoms with van der Waals surface area (Å²) in [5.41, 5.74) is 1.22. The SMILES string of the molecule is C=CCO[C@H](/C=C/c1ccccc1)C[Si](C)(C)C. The summed E-state index contributed by atoms with van der Waals surface area (Å²) in [4.78, 5) is 0. The molecule has 0 bridgehead atoms. The van der Waals surface area contributed by atoms with Gasteiger partial charge < -0.3 is 4.74 Å². The molecule has 0 fully saturated rings. The van der Waals surface area contributed by atoms with Crippen LogP contribution < -0.4 is 0 Å². The maximum Gasteiger partial charge on any atom is 0.0739 e. The Bertz CT molecular complexity index is 376. The Labute approximate surface area is 112 Å². The van der Waals surface area contributed by atoms with Crippen LogP contribution in [0.5, 0.6) is 0 Å². The highest BCUT2D eigenvalue weighted by atomic mass is 28.3. The largest absolute Gasteiger partial charge is 0.370 e. The lowest BCUT2D eigenvalue weighted by molar-refractivity contribution is 0.122. The fourth-order valence-corrected chi connectivity index (χ4v) is 3.22. The molecule has 0 saturated heterocycles. The van der Waals surface area contributed by atoms with Crippen LogP contribution in [0.1, 0.15) is 5.56 Å². The predicted octanol–water partition coefficient (Wildman–Crippen LogP) is 4.61. The average molecular weight is 260 g/mol. The van der Waals surface area contributed by atoms with E-state index in [9.17, 15) is 0 Å². The van der Waals surface area contributed by atoms with E-state index in [2.05, 4.69) is 62.6 Å². The molecule has 1 aromatic rings. The van der Waals surface area contributed by atoms with Crippen molar-refractivity contribution >= 4 is 14.1 Å². The van der Waals surface area contributed by atoms with Gasteiger partial charge >= 0.3 is 0 Å². The van der Waals surface area contributed by atoms with Gasteiger partial charge in [-0.15, -0.1) is 6.58 Å². The van der Waals surface area contributed by atoms with Crippen molar-refractivity contribution in [1.29, 1.82) is 0 Å². The molecule has 1 atom stereocenters. The van der Waals surface area contributed by atoms with E-state index in [4.69, 9.17) is 4.74 Å². The summed E-state index contributed by atoms with van der Waals surface area (Å²) in [6.07, 6.45) is 6.34. The van der Waals surface area contributed by atoms with Crippen molar-refractivity contribution in [2.75, 3.05) is 6.61 Å². The number of benzene rings is 1. The molecule has 0 unspecified atom stereocenters. The normalized spacial score (nSPS) is 13.7. The van der Waals surface area contributed by atoms with E-state index in [1.807, 2.05) is 12.1 Å². The van der Waals surface area contributed by atoms with Gasteiger partial charge in [-0.1, -0.05) is 68.2 Å². The molecule has 0 radical (unpaired) electrons. The van der Waals surface area contributed by atoms with Crippen LogP contribution in [-0.2, 0) is 4.74 Å². The lowest BCUT2D eigenvalue weighted by atomic mass is 10.2. The Balaban J connectivity index is 2.65. The van der Waals surface area contributed by atoms with E-state index in [0.29, 0.717) is 6.61 Å². The molecule has 98 valence electrons. The number of ether oxygens (including phenoxy) is 1. The van der Waals surface area contributed by atoms with Crippen LogP contribution in [0.3, 0.4) is 0 Å². The summed E-state index contributed by atoms with van der Waals surface area (Å²) in [6, 6.07) is 11.5. The number of hydrogen-bond donors (Lipinski definition) is 0. The molecule has 0 saturated carbocycles. The Morgan fingerprint density at radius 1 is 1.22 bits per heavy atom. The van der Waals surface area contributed by atoms with Crippen molar-refractivity contribution in [1.82, 2.24) is 0 Å². The lowest BCUT2D eigenvalue weighted by Crippen LogP contribution is -2.27. The molecule has 1 rings (SSSR count). The van der Waals surface area contributed by atoms with E-state index in [1.165, 1.54) is 5.56 Å². The summed E-state index contributed by atoms with van der Waals surface area (Å²) in [5, 5.41) is 0. The number of rotatable bonds is 7. The smallest absolute Gasteiger partial charge is 0.0739 e. The van der Waals surface area contributed by atoms with Crippen LogP contribution in [0.2, 0.25) is 25.7 Å². The topological polar surface area (TPSA) is 9.23 Å². The molecule has 0 aliphatic carbocycles. The maximum atomic E-state index is 5.82. The molecule has 0 aliphatic heterocycles. The first-order valence-electron chi connectivity index (χ1n) is 6.47. The van der Waals surface area contributed by atoms with Crippen molar-refractivity contribution in [3.05, 3.63) is 54.6 Å². The zero-order valence-corrected chi connectivity index (χ0v) is 12.7. The van der Waals surface area contributed by atoms with E-state index < -0.39 is 8.07 Å². The third-order valence-electron chi connectivity index (χ3n) is 2.54. The molecular formula is C16H24OSi. The molecule has 0 aromatic heterocycles. The monoisotopic (exact) mass is 260 g/mol. The Kier molecular flexibility index (Phi) is 6.09. The Morgan fingerprint density at radius 2 is 1.89 bits per heavy atom. The van der Waals surface area contributed by atoms with Crippen LogP contribution in [0.15, 0.2) is 49.1 Å². The molecule has 0 heterocycles. The summed E-state index contributed by atoms with van der Waals surface area (Å²) in [7, 11) is -1.12. The molecule has 18 heavy (non-hydrogen) atoms. The van der Waals surface area contributed by atoms with E-state index in [1.54, 1.807) is 0 Å². The van der Waals surface area contributed by atoms with Gasteiger partial charge in [0.25, 0.3) is 0 Å². The number of hydrogen-bond acceptors (Lipinski definition) is 1. The van der Waals surface area contributed by atoms with Gasteiger partial charge in [-0.3, -0.25) is 0 Å². The van der Waals surface area contributed by atoms with Crippen molar-refractivity contribution in [2.24, 2.45) is 0 Å². The molecule has 1 nitrogen and oxygen atoms in total. The standard InChI is InChI=1S/C16H24OSi/c1-5-13-17-16(14-18(2,3)4)12-11-15-9-7-6-8-10-15/h5-12,16H,1,13-14H2,2-4H3/b12-11+/t16-/m1/s1. The first-order chi connectivity index (χ1) is 8.51. The average Bonchev–Trinajstić information content (AvgIpc) is 2.32. The zero-order valence-electron chi connectivity index (χ0n) is 11.7. The predicted molar refractivity (Wildman–Crippen MR) is 83.6 cm³/mol. The van der Waals surface area contributed by atoms with Gasteiger partial charge in [0, 0.05) is 8.07 Å². The third kappa shape index (κ3) is 6.57. The highest BCUT2D eigenvalue weighted by Crippen LogP contribution is 2.16. The first kappa shape index (κ1) is 14.9. The van der Waals surface area contributed by atoms with Gasteiger partial charge in [0.15, 0.2) is 0 Å². The molecule has 2 heteroatoms. The fraction of sp³-hybridized carbons (Fsp3) is 0.375. The zero-order chi connectivity index (χ0) is 13.4.